The number of aryl methyl sites for hydroxylation is 1. The summed E-state index contributed by atoms with van der Waals surface area (Å²) in [5.74, 6) is 1.56. The summed E-state index contributed by atoms with van der Waals surface area (Å²) in [4.78, 5) is 17.0. The number of nitrogens with zero attached hydrogens (tertiary/aromatic N) is 2. The van der Waals surface area contributed by atoms with Crippen LogP contribution in [0.3, 0.4) is 0 Å². The van der Waals surface area contributed by atoms with Gasteiger partial charge in [-0.05, 0) is 48.2 Å². The van der Waals surface area contributed by atoms with E-state index in [1.165, 1.54) is 0 Å². The highest BCUT2D eigenvalue weighted by Crippen LogP contribution is 2.29. The van der Waals surface area contributed by atoms with Crippen LogP contribution in [0.4, 0.5) is 0 Å². The van der Waals surface area contributed by atoms with Gasteiger partial charge >= 0.3 is 0 Å². The fourth-order valence-corrected chi connectivity index (χ4v) is 3.08. The number of rotatable bonds is 6. The van der Waals surface area contributed by atoms with Crippen molar-refractivity contribution in [3.63, 3.8) is 0 Å². The molecule has 3 aromatic rings. The second kappa shape index (κ2) is 8.44. The molecule has 1 aromatic heterocycles. The van der Waals surface area contributed by atoms with E-state index in [0.717, 1.165) is 22.4 Å². The van der Waals surface area contributed by atoms with Gasteiger partial charge in [0.2, 0.25) is 11.7 Å². The largest absolute Gasteiger partial charge is 0.496 e. The van der Waals surface area contributed by atoms with E-state index in [-0.39, 0.29) is 18.4 Å². The summed E-state index contributed by atoms with van der Waals surface area (Å²) in [6.45, 7) is 6.13. The molecular formula is C21H22ClN3O3. The summed E-state index contributed by atoms with van der Waals surface area (Å²) < 4.78 is 10.7. The second-order valence-electron chi connectivity index (χ2n) is 6.77. The topological polar surface area (TPSA) is 77.2 Å². The van der Waals surface area contributed by atoms with Crippen molar-refractivity contribution in [2.24, 2.45) is 0 Å². The summed E-state index contributed by atoms with van der Waals surface area (Å²) >= 11 is 5.99. The predicted octanol–water partition coefficient (Wildman–Crippen LogP) is 4.76. The number of carbonyl (C=O) groups excluding carboxylic acids is 1. The molecule has 28 heavy (non-hydrogen) atoms. The second-order valence-corrected chi connectivity index (χ2v) is 7.20. The third-order valence-electron chi connectivity index (χ3n) is 4.39. The average Bonchev–Trinajstić information content (AvgIpc) is 3.14. The Kier molecular flexibility index (Phi) is 5.99. The zero-order valence-corrected chi connectivity index (χ0v) is 17.0. The lowest BCUT2D eigenvalue weighted by Gasteiger charge is -2.15. The number of ether oxygens (including phenoxy) is 1. The van der Waals surface area contributed by atoms with Crippen molar-refractivity contribution < 1.29 is 14.1 Å². The SMILES string of the molecule is COc1cc(C)c(C(=O)NCc2nc(-c3cccc(Cl)c3)no2)cc1C(C)C. The Bertz CT molecular complexity index is 998. The molecule has 146 valence electrons. The van der Waals surface area contributed by atoms with Crippen LogP contribution >= 0.6 is 11.6 Å². The fourth-order valence-electron chi connectivity index (χ4n) is 2.89. The minimum atomic E-state index is -0.204. The molecule has 0 aliphatic rings. The molecule has 3 rings (SSSR count). The first-order valence-electron chi connectivity index (χ1n) is 8.94. The Balaban J connectivity index is 1.73. The Morgan fingerprint density at radius 1 is 1.29 bits per heavy atom. The minimum Gasteiger partial charge on any atom is -0.496 e. The van der Waals surface area contributed by atoms with Crippen molar-refractivity contribution in [2.75, 3.05) is 7.11 Å². The van der Waals surface area contributed by atoms with Crippen LogP contribution in [0.15, 0.2) is 40.9 Å². The number of hydrogen-bond donors (Lipinski definition) is 1. The Hall–Kier alpha value is -2.86. The molecule has 7 heteroatoms. The molecule has 0 saturated heterocycles. The molecule has 0 aliphatic carbocycles. The normalized spacial score (nSPS) is 10.9. The van der Waals surface area contributed by atoms with E-state index in [2.05, 4.69) is 29.3 Å². The van der Waals surface area contributed by atoms with Crippen LogP contribution < -0.4 is 10.1 Å². The summed E-state index contributed by atoms with van der Waals surface area (Å²) in [7, 11) is 1.63. The number of halogens is 1. The van der Waals surface area contributed by atoms with Crippen molar-refractivity contribution >= 4 is 17.5 Å². The van der Waals surface area contributed by atoms with Gasteiger partial charge in [-0.3, -0.25) is 4.79 Å². The minimum absolute atomic E-state index is 0.134. The predicted molar refractivity (Wildman–Crippen MR) is 108 cm³/mol. The number of aromatic nitrogens is 2. The summed E-state index contributed by atoms with van der Waals surface area (Å²) in [6, 6.07) is 10.9. The number of hydrogen-bond acceptors (Lipinski definition) is 5. The molecule has 0 bridgehead atoms. The smallest absolute Gasteiger partial charge is 0.251 e. The summed E-state index contributed by atoms with van der Waals surface area (Å²) in [5.41, 5.74) is 3.17. The maximum Gasteiger partial charge on any atom is 0.251 e. The fraction of sp³-hybridized carbons (Fsp3) is 0.286. The zero-order chi connectivity index (χ0) is 20.3. The first-order valence-corrected chi connectivity index (χ1v) is 9.32. The van der Waals surface area contributed by atoms with Crippen LogP contribution in [0.2, 0.25) is 5.02 Å². The molecule has 1 heterocycles. The Morgan fingerprint density at radius 2 is 2.07 bits per heavy atom. The van der Waals surface area contributed by atoms with Crippen LogP contribution in [0, 0.1) is 6.92 Å². The number of methoxy groups -OCH3 is 1. The van der Waals surface area contributed by atoms with E-state index in [1.807, 2.05) is 31.2 Å². The molecule has 0 spiro atoms. The first-order chi connectivity index (χ1) is 13.4. The van der Waals surface area contributed by atoms with E-state index in [1.54, 1.807) is 19.2 Å². The Morgan fingerprint density at radius 3 is 2.75 bits per heavy atom. The number of amides is 1. The molecule has 0 unspecified atom stereocenters. The summed E-state index contributed by atoms with van der Waals surface area (Å²) in [5, 5.41) is 7.37. The molecule has 1 amide bonds. The van der Waals surface area contributed by atoms with Gasteiger partial charge < -0.3 is 14.6 Å². The van der Waals surface area contributed by atoms with Crippen LogP contribution in [0.1, 0.15) is 47.1 Å². The van der Waals surface area contributed by atoms with Crippen LogP contribution in [0.25, 0.3) is 11.4 Å². The van der Waals surface area contributed by atoms with Gasteiger partial charge in [-0.15, -0.1) is 0 Å². The van der Waals surface area contributed by atoms with Crippen LogP contribution in [0.5, 0.6) is 5.75 Å². The van der Waals surface area contributed by atoms with Gasteiger partial charge in [0.25, 0.3) is 5.91 Å². The third-order valence-corrected chi connectivity index (χ3v) is 4.63. The number of carbonyl (C=O) groups is 1. The van der Waals surface area contributed by atoms with Crippen LogP contribution in [-0.4, -0.2) is 23.2 Å². The van der Waals surface area contributed by atoms with E-state index in [9.17, 15) is 4.79 Å². The monoisotopic (exact) mass is 399 g/mol. The third kappa shape index (κ3) is 4.34. The van der Waals surface area contributed by atoms with E-state index in [4.69, 9.17) is 20.9 Å². The lowest BCUT2D eigenvalue weighted by atomic mass is 9.96. The van der Waals surface area contributed by atoms with Gasteiger partial charge in [0.05, 0.1) is 13.7 Å². The van der Waals surface area contributed by atoms with Gasteiger partial charge in [-0.1, -0.05) is 42.7 Å². The molecule has 1 N–H and O–H groups in total. The van der Waals surface area contributed by atoms with Gasteiger partial charge in [0.15, 0.2) is 0 Å². The number of benzene rings is 2. The highest BCUT2D eigenvalue weighted by molar-refractivity contribution is 6.30. The van der Waals surface area contributed by atoms with Gasteiger partial charge in [-0.25, -0.2) is 0 Å². The lowest BCUT2D eigenvalue weighted by Crippen LogP contribution is -2.24. The quantitative estimate of drug-likeness (QED) is 0.646. The molecule has 6 nitrogen and oxygen atoms in total. The molecule has 0 radical (unpaired) electrons. The van der Waals surface area contributed by atoms with Gasteiger partial charge in [0, 0.05) is 16.1 Å². The van der Waals surface area contributed by atoms with Crippen molar-refractivity contribution in [3.05, 3.63) is 64.0 Å². The van der Waals surface area contributed by atoms with E-state index >= 15 is 0 Å². The highest BCUT2D eigenvalue weighted by Gasteiger charge is 2.17. The van der Waals surface area contributed by atoms with Crippen molar-refractivity contribution in [2.45, 2.75) is 33.2 Å². The molecule has 0 saturated carbocycles. The Labute approximate surface area is 168 Å². The highest BCUT2D eigenvalue weighted by atomic mass is 35.5. The van der Waals surface area contributed by atoms with Crippen molar-refractivity contribution in [1.29, 1.82) is 0 Å². The molecule has 0 atom stereocenters. The number of nitrogens with one attached hydrogen (secondary N) is 1. The summed E-state index contributed by atoms with van der Waals surface area (Å²) in [6.07, 6.45) is 0. The average molecular weight is 400 g/mol. The maximum atomic E-state index is 12.7. The standard InChI is InChI=1S/C21H22ClN3O3/c1-12(2)16-10-17(13(3)8-18(16)27-4)21(26)23-11-19-24-20(25-28-19)14-6-5-7-15(22)9-14/h5-10,12H,11H2,1-4H3,(H,23,26). The molecule has 0 aliphatic heterocycles. The van der Waals surface area contributed by atoms with Gasteiger partial charge in [-0.2, -0.15) is 4.98 Å². The molecule has 0 fully saturated rings. The molecule has 2 aromatic carbocycles. The molecular weight excluding hydrogens is 378 g/mol. The lowest BCUT2D eigenvalue weighted by molar-refractivity contribution is 0.0945. The van der Waals surface area contributed by atoms with Crippen molar-refractivity contribution in [3.8, 4) is 17.1 Å². The van der Waals surface area contributed by atoms with Gasteiger partial charge in [0.1, 0.15) is 5.75 Å². The first kappa shape index (κ1) is 19.9. The van der Waals surface area contributed by atoms with E-state index in [0.29, 0.717) is 22.3 Å². The van der Waals surface area contributed by atoms with Crippen LogP contribution in [-0.2, 0) is 6.54 Å². The van der Waals surface area contributed by atoms with Crippen molar-refractivity contribution in [1.82, 2.24) is 15.5 Å². The van der Waals surface area contributed by atoms with E-state index < -0.39 is 0 Å². The maximum absolute atomic E-state index is 12.7. The zero-order valence-electron chi connectivity index (χ0n) is 16.2.